The van der Waals surface area contributed by atoms with Crippen molar-refractivity contribution in [3.05, 3.63) is 41.0 Å². The van der Waals surface area contributed by atoms with E-state index in [1.54, 1.807) is 6.07 Å². The van der Waals surface area contributed by atoms with E-state index in [1.165, 1.54) is 0 Å². The van der Waals surface area contributed by atoms with Gasteiger partial charge in [0, 0.05) is 5.56 Å². The molecule has 0 unspecified atom stereocenters. The van der Waals surface area contributed by atoms with Crippen molar-refractivity contribution in [1.82, 2.24) is 9.94 Å². The second-order valence-electron chi connectivity index (χ2n) is 3.24. The van der Waals surface area contributed by atoms with E-state index in [0.29, 0.717) is 10.7 Å². The lowest BCUT2D eigenvalue weighted by Crippen LogP contribution is -1.96. The lowest BCUT2D eigenvalue weighted by atomic mass is 10.1. The highest BCUT2D eigenvalue weighted by Crippen LogP contribution is 2.27. The molecule has 1 N–H and O–H groups in total. The third kappa shape index (κ3) is 1.83. The zero-order chi connectivity index (χ0) is 10.8. The van der Waals surface area contributed by atoms with Crippen molar-refractivity contribution < 1.29 is 5.21 Å². The van der Waals surface area contributed by atoms with E-state index in [2.05, 4.69) is 5.10 Å². The van der Waals surface area contributed by atoms with E-state index in [4.69, 9.17) is 11.6 Å². The number of rotatable bonds is 2. The number of halogens is 1. The number of benzene rings is 1. The van der Waals surface area contributed by atoms with Gasteiger partial charge in [-0.3, -0.25) is 0 Å². The highest BCUT2D eigenvalue weighted by Gasteiger charge is 2.10. The molecule has 1 heterocycles. The zero-order valence-electron chi connectivity index (χ0n) is 8.31. The molecule has 3 nitrogen and oxygen atoms in total. The number of nitrogens with zero attached hydrogens (tertiary/aromatic N) is 2. The lowest BCUT2D eigenvalue weighted by Gasteiger charge is -2.01. The number of aromatic nitrogens is 2. The van der Waals surface area contributed by atoms with Crippen LogP contribution in [-0.2, 0) is 6.42 Å². The van der Waals surface area contributed by atoms with E-state index in [-0.39, 0.29) is 0 Å². The summed E-state index contributed by atoms with van der Waals surface area (Å²) in [7, 11) is 0. The fourth-order valence-electron chi connectivity index (χ4n) is 1.45. The Morgan fingerprint density at radius 3 is 2.73 bits per heavy atom. The second kappa shape index (κ2) is 3.95. The molecule has 0 fully saturated rings. The molecule has 0 aliphatic rings. The topological polar surface area (TPSA) is 38.0 Å². The maximum absolute atomic E-state index is 9.59. The SMILES string of the molecule is CCc1cc(-c2ccccc2Cl)n(O)n1. The largest absolute Gasteiger partial charge is 0.411 e. The Kier molecular flexibility index (Phi) is 2.64. The first-order valence-electron chi connectivity index (χ1n) is 4.75. The molecular weight excluding hydrogens is 212 g/mol. The average Bonchev–Trinajstić information content (AvgIpc) is 2.60. The van der Waals surface area contributed by atoms with Crippen LogP contribution in [0.25, 0.3) is 11.3 Å². The first-order chi connectivity index (χ1) is 7.22. The maximum Gasteiger partial charge on any atom is 0.111 e. The quantitative estimate of drug-likeness (QED) is 0.794. The molecule has 78 valence electrons. The molecule has 0 saturated heterocycles. The highest BCUT2D eigenvalue weighted by atomic mass is 35.5. The van der Waals surface area contributed by atoms with E-state index < -0.39 is 0 Å². The van der Waals surface area contributed by atoms with Crippen molar-refractivity contribution in [3.63, 3.8) is 0 Å². The molecule has 0 radical (unpaired) electrons. The maximum atomic E-state index is 9.59. The predicted octanol–water partition coefficient (Wildman–Crippen LogP) is 3.00. The molecule has 0 aliphatic heterocycles. The Hall–Kier alpha value is -1.48. The summed E-state index contributed by atoms with van der Waals surface area (Å²) in [6.07, 6.45) is 0.783. The van der Waals surface area contributed by atoms with Crippen molar-refractivity contribution >= 4 is 11.6 Å². The van der Waals surface area contributed by atoms with Crippen LogP contribution in [0.1, 0.15) is 12.6 Å². The van der Waals surface area contributed by atoms with E-state index >= 15 is 0 Å². The molecule has 0 saturated carbocycles. The molecule has 0 amide bonds. The van der Waals surface area contributed by atoms with E-state index in [1.807, 2.05) is 31.2 Å². The van der Waals surface area contributed by atoms with Gasteiger partial charge in [0.15, 0.2) is 0 Å². The minimum absolute atomic E-state index is 0.607. The smallest absolute Gasteiger partial charge is 0.111 e. The molecule has 1 aromatic heterocycles. The van der Waals surface area contributed by atoms with Crippen LogP contribution in [0.4, 0.5) is 0 Å². The first-order valence-corrected chi connectivity index (χ1v) is 5.13. The highest BCUT2D eigenvalue weighted by molar-refractivity contribution is 6.33. The van der Waals surface area contributed by atoms with Gasteiger partial charge in [-0.1, -0.05) is 36.7 Å². The normalized spacial score (nSPS) is 10.5. The third-order valence-electron chi connectivity index (χ3n) is 2.25. The molecular formula is C11H11ClN2O. The molecule has 2 aromatic rings. The summed E-state index contributed by atoms with van der Waals surface area (Å²) in [6.45, 7) is 1.98. The Balaban J connectivity index is 2.54. The lowest BCUT2D eigenvalue weighted by molar-refractivity contribution is 0.152. The molecule has 2 rings (SSSR count). The summed E-state index contributed by atoms with van der Waals surface area (Å²) in [4.78, 5) is 0.875. The zero-order valence-corrected chi connectivity index (χ0v) is 9.07. The molecule has 4 heteroatoms. The predicted molar refractivity (Wildman–Crippen MR) is 59.2 cm³/mol. The van der Waals surface area contributed by atoms with Gasteiger partial charge in [-0.05, 0) is 18.6 Å². The van der Waals surface area contributed by atoms with Gasteiger partial charge < -0.3 is 5.21 Å². The van der Waals surface area contributed by atoms with Crippen LogP contribution in [0.5, 0.6) is 0 Å². The van der Waals surface area contributed by atoms with Crippen LogP contribution in [0.3, 0.4) is 0 Å². The van der Waals surface area contributed by atoms with Crippen LogP contribution in [0.2, 0.25) is 5.02 Å². The first kappa shape index (κ1) is 10.1. The van der Waals surface area contributed by atoms with Crippen LogP contribution >= 0.6 is 11.6 Å². The summed E-state index contributed by atoms with van der Waals surface area (Å²) >= 11 is 6.03. The summed E-state index contributed by atoms with van der Waals surface area (Å²) in [5.41, 5.74) is 2.25. The van der Waals surface area contributed by atoms with Crippen molar-refractivity contribution in [2.24, 2.45) is 0 Å². The van der Waals surface area contributed by atoms with Gasteiger partial charge in [-0.15, -0.1) is 9.94 Å². The Bertz CT molecular complexity index is 479. The summed E-state index contributed by atoms with van der Waals surface area (Å²) in [5.74, 6) is 0. The molecule has 0 bridgehead atoms. The Morgan fingerprint density at radius 2 is 2.13 bits per heavy atom. The van der Waals surface area contributed by atoms with Crippen molar-refractivity contribution in [3.8, 4) is 11.3 Å². The third-order valence-corrected chi connectivity index (χ3v) is 2.58. The standard InChI is InChI=1S/C11H11ClN2O/c1-2-8-7-11(14(15)13-8)9-5-3-4-6-10(9)12/h3-7,15H,2H2,1H3. The van der Waals surface area contributed by atoms with Crippen LogP contribution in [0.15, 0.2) is 30.3 Å². The average molecular weight is 223 g/mol. The Labute approximate surface area is 92.9 Å². The number of hydrogen-bond acceptors (Lipinski definition) is 2. The fraction of sp³-hybridized carbons (Fsp3) is 0.182. The van der Waals surface area contributed by atoms with Gasteiger partial charge in [0.2, 0.25) is 0 Å². The van der Waals surface area contributed by atoms with Crippen LogP contribution in [0, 0.1) is 0 Å². The second-order valence-corrected chi connectivity index (χ2v) is 3.65. The molecule has 0 aliphatic carbocycles. The van der Waals surface area contributed by atoms with Crippen molar-refractivity contribution in [1.29, 1.82) is 0 Å². The minimum Gasteiger partial charge on any atom is -0.411 e. The van der Waals surface area contributed by atoms with Gasteiger partial charge in [-0.2, -0.15) is 0 Å². The molecule has 1 aromatic carbocycles. The van der Waals surface area contributed by atoms with Gasteiger partial charge in [0.05, 0.1) is 10.7 Å². The van der Waals surface area contributed by atoms with Gasteiger partial charge >= 0.3 is 0 Å². The summed E-state index contributed by atoms with van der Waals surface area (Å²) < 4.78 is 0. The minimum atomic E-state index is 0.607. The van der Waals surface area contributed by atoms with Crippen molar-refractivity contribution in [2.75, 3.05) is 0 Å². The fourth-order valence-corrected chi connectivity index (χ4v) is 1.68. The molecule has 15 heavy (non-hydrogen) atoms. The van der Waals surface area contributed by atoms with Crippen molar-refractivity contribution in [2.45, 2.75) is 13.3 Å². The van der Waals surface area contributed by atoms with Crippen LogP contribution < -0.4 is 0 Å². The Morgan fingerprint density at radius 1 is 1.40 bits per heavy atom. The van der Waals surface area contributed by atoms with E-state index in [0.717, 1.165) is 22.5 Å². The van der Waals surface area contributed by atoms with Gasteiger partial charge in [-0.25, -0.2) is 0 Å². The van der Waals surface area contributed by atoms with E-state index in [9.17, 15) is 5.21 Å². The van der Waals surface area contributed by atoms with Crippen LogP contribution in [-0.4, -0.2) is 15.2 Å². The molecule has 0 atom stereocenters. The van der Waals surface area contributed by atoms with Gasteiger partial charge in [0.1, 0.15) is 5.69 Å². The number of aryl methyl sites for hydroxylation is 1. The monoisotopic (exact) mass is 222 g/mol. The van der Waals surface area contributed by atoms with Gasteiger partial charge in [0.25, 0.3) is 0 Å². The molecule has 0 spiro atoms. The summed E-state index contributed by atoms with van der Waals surface area (Å²) in [6, 6.07) is 9.20. The number of hydrogen-bond donors (Lipinski definition) is 1. The summed E-state index contributed by atoms with van der Waals surface area (Å²) in [5, 5.41) is 14.2.